The number of nitrogens with zero attached hydrogens (tertiary/aromatic N) is 1. The molecule has 4 rings (SSSR count). The first-order valence-corrected chi connectivity index (χ1v) is 10.8. The molecular weight excluding hydrogens is 509 g/mol. The Kier molecular flexibility index (Phi) is 7.48. The highest BCUT2D eigenvalue weighted by atomic mass is 19.2. The van der Waals surface area contributed by atoms with Crippen LogP contribution in [-0.2, 0) is 9.59 Å². The first-order valence-electron chi connectivity index (χ1n) is 10.8. The summed E-state index contributed by atoms with van der Waals surface area (Å²) in [5.74, 6) is -7.49. The summed E-state index contributed by atoms with van der Waals surface area (Å²) in [5, 5.41) is 8.80. The van der Waals surface area contributed by atoms with Gasteiger partial charge in [-0.3, -0.25) is 9.59 Å². The summed E-state index contributed by atoms with van der Waals surface area (Å²) in [5.41, 5.74) is -0.0685. The van der Waals surface area contributed by atoms with Crippen molar-refractivity contribution in [2.45, 2.75) is 6.42 Å². The second kappa shape index (κ2) is 10.9. The van der Waals surface area contributed by atoms with Crippen molar-refractivity contribution >= 4 is 11.9 Å². The lowest BCUT2D eigenvalue weighted by Gasteiger charge is -2.09. The fraction of sp³-hybridized carbons (Fsp3) is 0.0357. The van der Waals surface area contributed by atoms with Crippen LogP contribution in [0.4, 0.5) is 22.0 Å². The van der Waals surface area contributed by atoms with Crippen molar-refractivity contribution in [3.8, 4) is 39.8 Å². The number of hydrogen-bond acceptors (Lipinski definition) is 5. The lowest BCUT2D eigenvalue weighted by atomic mass is 10.0. The first kappa shape index (κ1) is 26.0. The van der Waals surface area contributed by atoms with Crippen LogP contribution in [0, 0.1) is 40.4 Å². The minimum Gasteiger partial charge on any atom is -0.426 e. The highest BCUT2D eigenvalue weighted by Crippen LogP contribution is 2.29. The van der Waals surface area contributed by atoms with Gasteiger partial charge in [0.25, 0.3) is 0 Å². The van der Waals surface area contributed by atoms with E-state index in [2.05, 4.69) is 0 Å². The average Bonchev–Trinajstić information content (AvgIpc) is 2.86. The second-order valence-corrected chi connectivity index (χ2v) is 7.84. The van der Waals surface area contributed by atoms with Gasteiger partial charge < -0.3 is 9.47 Å². The molecule has 5 nitrogen and oxygen atoms in total. The van der Waals surface area contributed by atoms with Crippen LogP contribution in [0.1, 0.15) is 12.0 Å². The maximum absolute atomic E-state index is 14.5. The summed E-state index contributed by atoms with van der Waals surface area (Å²) in [4.78, 5) is 24.2. The zero-order chi connectivity index (χ0) is 27.4. The Morgan fingerprint density at radius 3 is 1.55 bits per heavy atom. The van der Waals surface area contributed by atoms with Gasteiger partial charge in [0.1, 0.15) is 41.4 Å². The molecule has 4 aromatic carbocycles. The van der Waals surface area contributed by atoms with Crippen molar-refractivity contribution in [3.63, 3.8) is 0 Å². The zero-order valence-corrected chi connectivity index (χ0v) is 19.1. The molecule has 4 aromatic rings. The van der Waals surface area contributed by atoms with Crippen LogP contribution in [0.15, 0.2) is 72.8 Å². The number of esters is 2. The van der Waals surface area contributed by atoms with Crippen molar-refractivity contribution in [1.29, 1.82) is 5.26 Å². The second-order valence-electron chi connectivity index (χ2n) is 7.84. The topological polar surface area (TPSA) is 76.4 Å². The number of rotatable bonds is 6. The van der Waals surface area contributed by atoms with Crippen molar-refractivity contribution < 1.29 is 41.0 Å². The van der Waals surface area contributed by atoms with Gasteiger partial charge >= 0.3 is 11.9 Å². The standard InChI is InChI=1S/C28H14F5NO4/c29-22-8-3-16(10-26(22)33)21-7-5-19(12-25(21)32)38-28(36)13-27(35)37-18-4-6-20(24(31)11-18)15-1-2-17(14-34)23(30)9-15/h1-12H,13H2. The predicted octanol–water partition coefficient (Wildman–Crippen LogP) is 6.49. The molecular formula is C28H14F5NO4. The molecule has 0 atom stereocenters. The van der Waals surface area contributed by atoms with Crippen LogP contribution in [0.2, 0.25) is 0 Å². The van der Waals surface area contributed by atoms with Gasteiger partial charge in [-0.1, -0.05) is 12.1 Å². The predicted molar refractivity (Wildman–Crippen MR) is 124 cm³/mol. The average molecular weight is 523 g/mol. The number of carbonyl (C=O) groups excluding carboxylic acids is 2. The normalized spacial score (nSPS) is 10.5. The van der Waals surface area contributed by atoms with Gasteiger partial charge in [0, 0.05) is 23.3 Å². The monoisotopic (exact) mass is 523 g/mol. The highest BCUT2D eigenvalue weighted by molar-refractivity contribution is 5.93. The van der Waals surface area contributed by atoms with E-state index in [0.717, 1.165) is 30.3 Å². The highest BCUT2D eigenvalue weighted by Gasteiger charge is 2.17. The van der Waals surface area contributed by atoms with Gasteiger partial charge in [-0.15, -0.1) is 0 Å². The maximum Gasteiger partial charge on any atom is 0.322 e. The molecule has 0 aromatic heterocycles. The van der Waals surface area contributed by atoms with Gasteiger partial charge in [-0.2, -0.15) is 5.26 Å². The van der Waals surface area contributed by atoms with Crippen LogP contribution in [0.5, 0.6) is 11.5 Å². The zero-order valence-electron chi connectivity index (χ0n) is 19.1. The lowest BCUT2D eigenvalue weighted by Crippen LogP contribution is -2.18. The Morgan fingerprint density at radius 1 is 0.605 bits per heavy atom. The molecule has 0 heterocycles. The molecule has 0 bridgehead atoms. The van der Waals surface area contributed by atoms with Crippen molar-refractivity contribution in [3.05, 3.63) is 107 Å². The molecule has 0 N–H and O–H groups in total. The van der Waals surface area contributed by atoms with Gasteiger partial charge in [-0.25, -0.2) is 22.0 Å². The smallest absolute Gasteiger partial charge is 0.322 e. The molecule has 190 valence electrons. The van der Waals surface area contributed by atoms with E-state index in [1.807, 2.05) is 0 Å². The third-order valence-corrected chi connectivity index (χ3v) is 5.26. The van der Waals surface area contributed by atoms with Crippen LogP contribution < -0.4 is 9.47 Å². The van der Waals surface area contributed by atoms with Crippen molar-refractivity contribution in [2.24, 2.45) is 0 Å². The van der Waals surface area contributed by atoms with E-state index in [0.29, 0.717) is 0 Å². The van der Waals surface area contributed by atoms with E-state index in [4.69, 9.17) is 14.7 Å². The van der Waals surface area contributed by atoms with Crippen molar-refractivity contribution in [1.82, 2.24) is 0 Å². The Labute approximate surface area is 212 Å². The SMILES string of the molecule is N#Cc1ccc(-c2ccc(OC(=O)CC(=O)Oc3ccc(-c4ccc(F)c(F)c4)c(F)c3)cc2F)cc1F. The Balaban J connectivity index is 1.38. The summed E-state index contributed by atoms with van der Waals surface area (Å²) in [6.07, 6.45) is -0.892. The number of halogens is 5. The van der Waals surface area contributed by atoms with Crippen LogP contribution >= 0.6 is 0 Å². The molecule has 10 heteroatoms. The molecule has 0 unspecified atom stereocenters. The van der Waals surface area contributed by atoms with E-state index >= 15 is 0 Å². The van der Waals surface area contributed by atoms with E-state index < -0.39 is 47.4 Å². The largest absolute Gasteiger partial charge is 0.426 e. The molecule has 38 heavy (non-hydrogen) atoms. The molecule has 0 amide bonds. The van der Waals surface area contributed by atoms with Crippen LogP contribution in [-0.4, -0.2) is 11.9 Å². The van der Waals surface area contributed by atoms with E-state index in [1.54, 1.807) is 6.07 Å². The van der Waals surface area contributed by atoms with Gasteiger partial charge in [-0.05, 0) is 59.7 Å². The number of carbonyl (C=O) groups is 2. The molecule has 0 aliphatic carbocycles. The Hall–Kier alpha value is -5.04. The van der Waals surface area contributed by atoms with Gasteiger partial charge in [0.2, 0.25) is 0 Å². The summed E-state index contributed by atoms with van der Waals surface area (Å²) in [7, 11) is 0. The Morgan fingerprint density at radius 2 is 1.11 bits per heavy atom. The van der Waals surface area contributed by atoms with E-state index in [-0.39, 0.29) is 39.3 Å². The lowest BCUT2D eigenvalue weighted by molar-refractivity contribution is -0.144. The minimum absolute atomic E-state index is 0.0125. The molecule has 0 aliphatic heterocycles. The quantitative estimate of drug-likeness (QED) is 0.125. The fourth-order valence-corrected chi connectivity index (χ4v) is 3.48. The number of benzene rings is 4. The van der Waals surface area contributed by atoms with E-state index in [9.17, 15) is 31.5 Å². The maximum atomic E-state index is 14.5. The summed E-state index contributed by atoms with van der Waals surface area (Å²) < 4.78 is 79.2. The summed E-state index contributed by atoms with van der Waals surface area (Å²) in [6, 6.07) is 14.6. The van der Waals surface area contributed by atoms with E-state index in [1.165, 1.54) is 42.5 Å². The molecule has 0 fully saturated rings. The molecule has 0 saturated heterocycles. The molecule has 0 spiro atoms. The first-order chi connectivity index (χ1) is 18.1. The Bertz CT molecular complexity index is 1610. The molecule has 0 saturated carbocycles. The van der Waals surface area contributed by atoms with Gasteiger partial charge in [0.15, 0.2) is 11.6 Å². The van der Waals surface area contributed by atoms with Gasteiger partial charge in [0.05, 0.1) is 5.56 Å². The number of nitriles is 1. The van der Waals surface area contributed by atoms with Crippen LogP contribution in [0.25, 0.3) is 22.3 Å². The third kappa shape index (κ3) is 5.84. The summed E-state index contributed by atoms with van der Waals surface area (Å²) in [6.45, 7) is 0. The number of ether oxygens (including phenoxy) is 2. The summed E-state index contributed by atoms with van der Waals surface area (Å²) >= 11 is 0. The number of hydrogen-bond donors (Lipinski definition) is 0. The molecule has 0 aliphatic rings. The minimum atomic E-state index is -1.16. The van der Waals surface area contributed by atoms with Crippen LogP contribution in [0.3, 0.4) is 0 Å². The third-order valence-electron chi connectivity index (χ3n) is 5.26. The van der Waals surface area contributed by atoms with Crippen molar-refractivity contribution in [2.75, 3.05) is 0 Å². The fourth-order valence-electron chi connectivity index (χ4n) is 3.48. The molecule has 0 radical (unpaired) electrons.